The summed E-state index contributed by atoms with van der Waals surface area (Å²) in [5.74, 6) is 0. The van der Waals surface area contributed by atoms with Crippen LogP contribution >= 0.6 is 0 Å². The molecule has 0 radical (unpaired) electrons. The highest BCUT2D eigenvalue weighted by molar-refractivity contribution is 5.50. The van der Waals surface area contributed by atoms with Crippen LogP contribution in [0.25, 0.3) is 0 Å². The molecule has 2 heteroatoms. The van der Waals surface area contributed by atoms with Gasteiger partial charge in [0.25, 0.3) is 0 Å². The molecule has 12 heavy (non-hydrogen) atoms. The lowest BCUT2D eigenvalue weighted by Gasteiger charge is -2.13. The minimum absolute atomic E-state index is 0.119. The molecule has 0 amide bonds. The SMILES string of the molecule is CC[C@@H](N)c1cccc(N)c1C. The predicted molar refractivity (Wildman–Crippen MR) is 52.8 cm³/mol. The van der Waals surface area contributed by atoms with E-state index in [-0.39, 0.29) is 6.04 Å². The van der Waals surface area contributed by atoms with Gasteiger partial charge in [-0.25, -0.2) is 0 Å². The van der Waals surface area contributed by atoms with Gasteiger partial charge in [-0.3, -0.25) is 0 Å². The van der Waals surface area contributed by atoms with Gasteiger partial charge in [0.2, 0.25) is 0 Å². The van der Waals surface area contributed by atoms with Crippen LogP contribution in [0.15, 0.2) is 18.2 Å². The third-order valence-corrected chi connectivity index (χ3v) is 2.26. The minimum Gasteiger partial charge on any atom is -0.399 e. The molecular formula is C10H16N2. The molecule has 1 rings (SSSR count). The van der Waals surface area contributed by atoms with Crippen molar-refractivity contribution in [3.8, 4) is 0 Å². The van der Waals surface area contributed by atoms with Crippen LogP contribution in [-0.2, 0) is 0 Å². The molecule has 0 fully saturated rings. The Morgan fingerprint density at radius 2 is 2.08 bits per heavy atom. The number of nitrogen functional groups attached to an aromatic ring is 1. The number of anilines is 1. The van der Waals surface area contributed by atoms with Gasteiger partial charge in [-0.05, 0) is 30.5 Å². The molecule has 1 aromatic rings. The van der Waals surface area contributed by atoms with Crippen molar-refractivity contribution < 1.29 is 0 Å². The van der Waals surface area contributed by atoms with E-state index in [0.29, 0.717) is 0 Å². The Morgan fingerprint density at radius 1 is 1.42 bits per heavy atom. The Balaban J connectivity index is 3.07. The summed E-state index contributed by atoms with van der Waals surface area (Å²) in [4.78, 5) is 0. The molecule has 0 aliphatic rings. The first kappa shape index (κ1) is 9.07. The van der Waals surface area contributed by atoms with E-state index in [9.17, 15) is 0 Å². The highest BCUT2D eigenvalue weighted by Crippen LogP contribution is 2.22. The summed E-state index contributed by atoms with van der Waals surface area (Å²) in [7, 11) is 0. The maximum Gasteiger partial charge on any atom is 0.0347 e. The Bertz CT molecular complexity index is 269. The fourth-order valence-electron chi connectivity index (χ4n) is 1.29. The highest BCUT2D eigenvalue weighted by atomic mass is 14.6. The van der Waals surface area contributed by atoms with Gasteiger partial charge in [0.05, 0.1) is 0 Å². The first-order chi connectivity index (χ1) is 5.66. The molecule has 0 saturated carbocycles. The summed E-state index contributed by atoms with van der Waals surface area (Å²) in [6.07, 6.45) is 0.949. The standard InChI is InChI=1S/C10H16N2/c1-3-9(11)8-5-4-6-10(12)7(8)2/h4-6,9H,3,11-12H2,1-2H3/t9-/m1/s1. The van der Waals surface area contributed by atoms with E-state index in [0.717, 1.165) is 23.2 Å². The Kier molecular flexibility index (Phi) is 2.71. The van der Waals surface area contributed by atoms with Crippen molar-refractivity contribution >= 4 is 5.69 Å². The molecule has 0 heterocycles. The number of benzene rings is 1. The lowest BCUT2D eigenvalue weighted by Crippen LogP contribution is -2.11. The lowest BCUT2D eigenvalue weighted by molar-refractivity contribution is 0.694. The van der Waals surface area contributed by atoms with Gasteiger partial charge >= 0.3 is 0 Å². The summed E-state index contributed by atoms with van der Waals surface area (Å²) >= 11 is 0. The molecule has 66 valence electrons. The van der Waals surface area contributed by atoms with Crippen LogP contribution < -0.4 is 11.5 Å². The van der Waals surface area contributed by atoms with Gasteiger partial charge in [0.15, 0.2) is 0 Å². The molecule has 1 aromatic carbocycles. The van der Waals surface area contributed by atoms with Crippen molar-refractivity contribution in [3.63, 3.8) is 0 Å². The number of hydrogen-bond acceptors (Lipinski definition) is 2. The minimum atomic E-state index is 0.119. The van der Waals surface area contributed by atoms with Crippen LogP contribution in [-0.4, -0.2) is 0 Å². The highest BCUT2D eigenvalue weighted by Gasteiger charge is 2.07. The van der Waals surface area contributed by atoms with Crippen LogP contribution in [0, 0.1) is 6.92 Å². The van der Waals surface area contributed by atoms with Gasteiger partial charge in [-0.1, -0.05) is 19.1 Å². The zero-order valence-corrected chi connectivity index (χ0v) is 7.67. The smallest absolute Gasteiger partial charge is 0.0347 e. The van der Waals surface area contributed by atoms with Gasteiger partial charge in [0, 0.05) is 11.7 Å². The molecule has 0 unspecified atom stereocenters. The van der Waals surface area contributed by atoms with Crippen molar-refractivity contribution in [2.24, 2.45) is 5.73 Å². The Morgan fingerprint density at radius 3 is 2.67 bits per heavy atom. The van der Waals surface area contributed by atoms with Crippen molar-refractivity contribution in [3.05, 3.63) is 29.3 Å². The van der Waals surface area contributed by atoms with Crippen LogP contribution in [0.4, 0.5) is 5.69 Å². The average Bonchev–Trinajstić information content (AvgIpc) is 2.08. The van der Waals surface area contributed by atoms with Crippen LogP contribution in [0.3, 0.4) is 0 Å². The molecular weight excluding hydrogens is 148 g/mol. The molecule has 2 nitrogen and oxygen atoms in total. The number of nitrogens with two attached hydrogens (primary N) is 2. The van der Waals surface area contributed by atoms with Crippen molar-refractivity contribution in [2.45, 2.75) is 26.3 Å². The topological polar surface area (TPSA) is 52.0 Å². The van der Waals surface area contributed by atoms with E-state index in [1.54, 1.807) is 0 Å². The van der Waals surface area contributed by atoms with Gasteiger partial charge in [-0.2, -0.15) is 0 Å². The van der Waals surface area contributed by atoms with E-state index in [4.69, 9.17) is 11.5 Å². The fourth-order valence-corrected chi connectivity index (χ4v) is 1.29. The van der Waals surface area contributed by atoms with Gasteiger partial charge in [0.1, 0.15) is 0 Å². The lowest BCUT2D eigenvalue weighted by atomic mass is 9.99. The molecule has 0 spiro atoms. The van der Waals surface area contributed by atoms with E-state index in [2.05, 4.69) is 6.92 Å². The third kappa shape index (κ3) is 1.59. The molecule has 1 atom stereocenters. The molecule has 0 bridgehead atoms. The number of hydrogen-bond donors (Lipinski definition) is 2. The third-order valence-electron chi connectivity index (χ3n) is 2.26. The average molecular weight is 164 g/mol. The fraction of sp³-hybridized carbons (Fsp3) is 0.400. The first-order valence-electron chi connectivity index (χ1n) is 4.27. The second kappa shape index (κ2) is 3.59. The van der Waals surface area contributed by atoms with Crippen molar-refractivity contribution in [2.75, 3.05) is 5.73 Å². The summed E-state index contributed by atoms with van der Waals surface area (Å²) in [5, 5.41) is 0. The molecule has 0 aromatic heterocycles. The normalized spacial score (nSPS) is 12.9. The van der Waals surface area contributed by atoms with Crippen molar-refractivity contribution in [1.82, 2.24) is 0 Å². The van der Waals surface area contributed by atoms with Crippen LogP contribution in [0.5, 0.6) is 0 Å². The van der Waals surface area contributed by atoms with Gasteiger partial charge < -0.3 is 11.5 Å². The second-order valence-electron chi connectivity index (χ2n) is 3.08. The molecule has 4 N–H and O–H groups in total. The molecule has 0 saturated heterocycles. The van der Waals surface area contributed by atoms with E-state index in [1.165, 1.54) is 0 Å². The van der Waals surface area contributed by atoms with E-state index >= 15 is 0 Å². The summed E-state index contributed by atoms with van der Waals surface area (Å²) in [6.45, 7) is 4.09. The summed E-state index contributed by atoms with van der Waals surface area (Å²) in [5.41, 5.74) is 14.8. The maximum absolute atomic E-state index is 5.91. The van der Waals surface area contributed by atoms with Crippen LogP contribution in [0.2, 0.25) is 0 Å². The van der Waals surface area contributed by atoms with Crippen molar-refractivity contribution in [1.29, 1.82) is 0 Å². The van der Waals surface area contributed by atoms with E-state index in [1.807, 2.05) is 25.1 Å². The Hall–Kier alpha value is -1.02. The maximum atomic E-state index is 5.91. The zero-order chi connectivity index (χ0) is 9.14. The molecule has 0 aliphatic heterocycles. The first-order valence-corrected chi connectivity index (χ1v) is 4.27. The van der Waals surface area contributed by atoms with Gasteiger partial charge in [-0.15, -0.1) is 0 Å². The number of rotatable bonds is 2. The quantitative estimate of drug-likeness (QED) is 0.657. The largest absolute Gasteiger partial charge is 0.399 e. The summed E-state index contributed by atoms with van der Waals surface area (Å²) < 4.78 is 0. The zero-order valence-electron chi connectivity index (χ0n) is 7.67. The molecule has 0 aliphatic carbocycles. The van der Waals surface area contributed by atoms with Crippen LogP contribution in [0.1, 0.15) is 30.5 Å². The predicted octanol–water partition coefficient (Wildman–Crippen LogP) is 1.99. The Labute approximate surface area is 73.6 Å². The monoisotopic (exact) mass is 164 g/mol. The second-order valence-corrected chi connectivity index (χ2v) is 3.08. The van der Waals surface area contributed by atoms with E-state index < -0.39 is 0 Å². The summed E-state index contributed by atoms with van der Waals surface area (Å²) in [6, 6.07) is 6.02.